The molecular weight excluding hydrogens is 295 g/mol. The molecule has 0 unspecified atom stereocenters. The lowest BCUT2D eigenvalue weighted by Crippen LogP contribution is -2.37. The van der Waals surface area contributed by atoms with Crippen LogP contribution in [-0.4, -0.2) is 18.4 Å². The van der Waals surface area contributed by atoms with Crippen LogP contribution in [0, 0.1) is 11.2 Å². The predicted molar refractivity (Wildman–Crippen MR) is 80.3 cm³/mol. The fourth-order valence-electron chi connectivity index (χ4n) is 1.49. The molecule has 0 heterocycles. The highest BCUT2D eigenvalue weighted by atomic mass is 35.5. The molecule has 0 saturated carbocycles. The van der Waals surface area contributed by atoms with E-state index in [0.717, 1.165) is 0 Å². The molecule has 0 atom stereocenters. The summed E-state index contributed by atoms with van der Waals surface area (Å²) in [4.78, 5) is 23.2. The molecule has 0 fully saturated rings. The number of amides is 2. The highest BCUT2D eigenvalue weighted by Crippen LogP contribution is 2.15. The number of carbonyl (C=O) groups is 2. The van der Waals surface area contributed by atoms with Crippen molar-refractivity contribution in [3.63, 3.8) is 0 Å². The summed E-state index contributed by atoms with van der Waals surface area (Å²) in [5, 5.41) is 5.41. The van der Waals surface area contributed by atoms with Gasteiger partial charge in [0.25, 0.3) is 0 Å². The van der Waals surface area contributed by atoms with Gasteiger partial charge >= 0.3 is 0 Å². The lowest BCUT2D eigenvalue weighted by atomic mass is 9.96. The highest BCUT2D eigenvalue weighted by Gasteiger charge is 2.20. The maximum atomic E-state index is 13.0. The second-order valence-corrected chi connectivity index (χ2v) is 6.19. The molecule has 1 aromatic carbocycles. The zero-order chi connectivity index (χ0) is 16.0. The highest BCUT2D eigenvalue weighted by molar-refractivity contribution is 6.30. The number of rotatable bonds is 5. The number of benzene rings is 1. The lowest BCUT2D eigenvalue weighted by Gasteiger charge is -2.17. The Balaban J connectivity index is 2.31. The first-order chi connectivity index (χ1) is 9.70. The van der Waals surface area contributed by atoms with E-state index < -0.39 is 11.2 Å². The Labute approximate surface area is 129 Å². The van der Waals surface area contributed by atoms with E-state index in [-0.39, 0.29) is 36.3 Å². The second-order valence-electron chi connectivity index (χ2n) is 5.78. The van der Waals surface area contributed by atoms with Crippen molar-refractivity contribution in [3.8, 4) is 0 Å². The molecule has 2 amide bonds. The topological polar surface area (TPSA) is 58.2 Å². The minimum atomic E-state index is -0.489. The molecule has 2 N–H and O–H groups in total. The van der Waals surface area contributed by atoms with Crippen LogP contribution in [0.3, 0.4) is 0 Å². The summed E-state index contributed by atoms with van der Waals surface area (Å²) in [6.07, 6.45) is 0.191. The molecule has 116 valence electrons. The van der Waals surface area contributed by atoms with Crippen molar-refractivity contribution in [2.75, 3.05) is 6.54 Å². The quantitative estimate of drug-likeness (QED) is 0.878. The molecule has 1 rings (SSSR count). The third-order valence-corrected chi connectivity index (χ3v) is 3.08. The number of hydrogen-bond donors (Lipinski definition) is 2. The van der Waals surface area contributed by atoms with Gasteiger partial charge < -0.3 is 10.6 Å². The number of nitrogens with one attached hydrogen (secondary N) is 2. The van der Waals surface area contributed by atoms with Crippen molar-refractivity contribution < 1.29 is 14.0 Å². The molecule has 0 saturated heterocycles. The Morgan fingerprint density at radius 2 is 1.90 bits per heavy atom. The van der Waals surface area contributed by atoms with Crippen LogP contribution in [0.2, 0.25) is 5.02 Å². The van der Waals surface area contributed by atoms with Gasteiger partial charge in [-0.25, -0.2) is 4.39 Å². The van der Waals surface area contributed by atoms with E-state index in [2.05, 4.69) is 10.6 Å². The third kappa shape index (κ3) is 6.12. The fraction of sp³-hybridized carbons (Fsp3) is 0.467. The van der Waals surface area contributed by atoms with E-state index in [1.807, 2.05) is 0 Å². The molecule has 0 aromatic heterocycles. The molecule has 21 heavy (non-hydrogen) atoms. The Hall–Kier alpha value is -1.62. The standard InChI is InChI=1S/C15H20ClFN2O2/c1-15(2,3)14(21)18-7-6-13(20)19-9-10-4-5-12(17)11(16)8-10/h4-5,8H,6-7,9H2,1-3H3,(H,18,21)(H,19,20). The van der Waals surface area contributed by atoms with Gasteiger partial charge in [-0.2, -0.15) is 0 Å². The summed E-state index contributed by atoms with van der Waals surface area (Å²) >= 11 is 5.66. The van der Waals surface area contributed by atoms with Gasteiger partial charge in [0.15, 0.2) is 0 Å². The summed E-state index contributed by atoms with van der Waals surface area (Å²) < 4.78 is 13.0. The van der Waals surface area contributed by atoms with E-state index >= 15 is 0 Å². The maximum absolute atomic E-state index is 13.0. The van der Waals surface area contributed by atoms with Crippen molar-refractivity contribution in [1.82, 2.24) is 10.6 Å². The van der Waals surface area contributed by atoms with Gasteiger partial charge in [-0.1, -0.05) is 38.4 Å². The Bertz CT molecular complexity index is 527. The number of carbonyl (C=O) groups excluding carboxylic acids is 2. The maximum Gasteiger partial charge on any atom is 0.225 e. The fourth-order valence-corrected chi connectivity index (χ4v) is 1.70. The molecule has 1 aromatic rings. The predicted octanol–water partition coefficient (Wildman–Crippen LogP) is 2.65. The Morgan fingerprint density at radius 1 is 1.24 bits per heavy atom. The molecule has 0 bridgehead atoms. The molecule has 6 heteroatoms. The zero-order valence-corrected chi connectivity index (χ0v) is 13.2. The van der Waals surface area contributed by atoms with E-state index in [4.69, 9.17) is 11.6 Å². The first-order valence-corrected chi connectivity index (χ1v) is 7.07. The minimum Gasteiger partial charge on any atom is -0.355 e. The van der Waals surface area contributed by atoms with E-state index in [9.17, 15) is 14.0 Å². The van der Waals surface area contributed by atoms with Gasteiger partial charge in [0.2, 0.25) is 11.8 Å². The molecule has 0 aliphatic heterocycles. The molecule has 0 spiro atoms. The van der Waals surface area contributed by atoms with Gasteiger partial charge in [0.1, 0.15) is 5.82 Å². The normalized spacial score (nSPS) is 11.1. The van der Waals surface area contributed by atoms with Crippen molar-refractivity contribution in [2.45, 2.75) is 33.7 Å². The van der Waals surface area contributed by atoms with Gasteiger partial charge in [0.05, 0.1) is 5.02 Å². The van der Waals surface area contributed by atoms with Crippen LogP contribution >= 0.6 is 11.6 Å². The van der Waals surface area contributed by atoms with Gasteiger partial charge in [-0.15, -0.1) is 0 Å². The zero-order valence-electron chi connectivity index (χ0n) is 12.4. The van der Waals surface area contributed by atoms with E-state index in [1.54, 1.807) is 26.8 Å². The van der Waals surface area contributed by atoms with E-state index in [1.165, 1.54) is 12.1 Å². The number of hydrogen-bond acceptors (Lipinski definition) is 2. The molecule has 0 radical (unpaired) electrons. The average molecular weight is 315 g/mol. The van der Waals surface area contributed by atoms with Gasteiger partial charge in [0, 0.05) is 24.9 Å². The number of halogens is 2. The van der Waals surface area contributed by atoms with Gasteiger partial charge in [-0.05, 0) is 17.7 Å². The van der Waals surface area contributed by atoms with Crippen LogP contribution < -0.4 is 10.6 Å². The monoisotopic (exact) mass is 314 g/mol. The smallest absolute Gasteiger partial charge is 0.225 e. The summed E-state index contributed by atoms with van der Waals surface area (Å²) in [5.41, 5.74) is 0.245. The first kappa shape index (κ1) is 17.4. The first-order valence-electron chi connectivity index (χ1n) is 6.69. The van der Waals surface area contributed by atoms with Crippen LogP contribution in [0.15, 0.2) is 18.2 Å². The minimum absolute atomic E-state index is 0.0270. The van der Waals surface area contributed by atoms with Crippen LogP contribution in [0.4, 0.5) is 4.39 Å². The SMILES string of the molecule is CC(C)(C)C(=O)NCCC(=O)NCc1ccc(F)c(Cl)c1. The van der Waals surface area contributed by atoms with Crippen molar-refractivity contribution in [3.05, 3.63) is 34.6 Å². The Morgan fingerprint density at radius 3 is 2.48 bits per heavy atom. The largest absolute Gasteiger partial charge is 0.355 e. The van der Waals surface area contributed by atoms with Crippen molar-refractivity contribution in [2.24, 2.45) is 5.41 Å². The van der Waals surface area contributed by atoms with Crippen LogP contribution in [0.1, 0.15) is 32.8 Å². The Kier molecular flexibility index (Phi) is 6.15. The third-order valence-electron chi connectivity index (χ3n) is 2.79. The average Bonchev–Trinajstić information content (AvgIpc) is 2.39. The second kappa shape index (κ2) is 7.41. The summed E-state index contributed by atoms with van der Waals surface area (Å²) in [6.45, 7) is 5.97. The van der Waals surface area contributed by atoms with Gasteiger partial charge in [-0.3, -0.25) is 9.59 Å². The van der Waals surface area contributed by atoms with E-state index in [0.29, 0.717) is 5.56 Å². The van der Waals surface area contributed by atoms with Crippen molar-refractivity contribution in [1.29, 1.82) is 0 Å². The summed E-state index contributed by atoms with van der Waals surface area (Å²) in [6, 6.07) is 4.29. The molecule has 4 nitrogen and oxygen atoms in total. The summed E-state index contributed by atoms with van der Waals surface area (Å²) in [7, 11) is 0. The van der Waals surface area contributed by atoms with Crippen LogP contribution in [0.5, 0.6) is 0 Å². The molecular formula is C15H20ClFN2O2. The van der Waals surface area contributed by atoms with Crippen molar-refractivity contribution >= 4 is 23.4 Å². The lowest BCUT2D eigenvalue weighted by molar-refractivity contribution is -0.128. The van der Waals surface area contributed by atoms with Crippen LogP contribution in [-0.2, 0) is 16.1 Å². The van der Waals surface area contributed by atoms with Crippen LogP contribution in [0.25, 0.3) is 0 Å². The molecule has 0 aliphatic carbocycles. The molecule has 0 aliphatic rings. The summed E-state index contributed by atoms with van der Waals surface area (Å²) in [5.74, 6) is -0.776.